The van der Waals surface area contributed by atoms with Gasteiger partial charge >= 0.3 is 0 Å². The lowest BCUT2D eigenvalue weighted by atomic mass is 9.94. The number of hydrogen-bond donors (Lipinski definition) is 0. The number of hydrogen-bond acceptors (Lipinski definition) is 6. The summed E-state index contributed by atoms with van der Waals surface area (Å²) in [5.41, 5.74) is 2.10. The van der Waals surface area contributed by atoms with Gasteiger partial charge in [-0.25, -0.2) is 0 Å². The second-order valence-corrected chi connectivity index (χ2v) is 8.37. The second-order valence-electron chi connectivity index (χ2n) is 7.38. The highest BCUT2D eigenvalue weighted by molar-refractivity contribution is 8.14. The Morgan fingerprint density at radius 3 is 2.75 bits per heavy atom. The molecule has 1 fully saturated rings. The van der Waals surface area contributed by atoms with Crippen LogP contribution in [0.15, 0.2) is 47.6 Å². The molecule has 1 aromatic heterocycles. The summed E-state index contributed by atoms with van der Waals surface area (Å²) >= 11 is 1.85. The number of benzene rings is 1. The normalized spacial score (nSPS) is 23.7. The highest BCUT2D eigenvalue weighted by Gasteiger charge is 2.46. The maximum Gasteiger partial charge on any atom is 0.166 e. The van der Waals surface area contributed by atoms with Gasteiger partial charge in [-0.2, -0.15) is 0 Å². The van der Waals surface area contributed by atoms with Crippen LogP contribution in [-0.4, -0.2) is 40.1 Å². The number of thioether (sulfide) groups is 1. The predicted molar refractivity (Wildman–Crippen MR) is 114 cm³/mol. The molecule has 0 unspecified atom stereocenters. The van der Waals surface area contributed by atoms with Gasteiger partial charge in [0.15, 0.2) is 16.7 Å². The maximum atomic E-state index is 6.25. The molecule has 2 aliphatic heterocycles. The SMILES string of the molecule is CC[C@H]1CSC2=N[C@H](c3ccccn3)[C@@H](c3cccc(OC)c3OC(C)C)N21. The molecule has 28 heavy (non-hydrogen) atoms. The number of ether oxygens (including phenoxy) is 2. The minimum Gasteiger partial charge on any atom is -0.493 e. The molecule has 1 aromatic carbocycles. The number of pyridine rings is 1. The van der Waals surface area contributed by atoms with E-state index in [1.807, 2.05) is 56.1 Å². The van der Waals surface area contributed by atoms with E-state index < -0.39 is 0 Å². The van der Waals surface area contributed by atoms with E-state index in [1.165, 1.54) is 0 Å². The lowest BCUT2D eigenvalue weighted by molar-refractivity contribution is 0.209. The van der Waals surface area contributed by atoms with Gasteiger partial charge in [0.2, 0.25) is 0 Å². The van der Waals surface area contributed by atoms with Crippen LogP contribution in [0.5, 0.6) is 11.5 Å². The van der Waals surface area contributed by atoms with Crippen molar-refractivity contribution >= 4 is 16.9 Å². The van der Waals surface area contributed by atoms with E-state index in [0.29, 0.717) is 6.04 Å². The maximum absolute atomic E-state index is 6.25. The van der Waals surface area contributed by atoms with Gasteiger partial charge in [-0.1, -0.05) is 36.9 Å². The molecule has 0 radical (unpaired) electrons. The number of nitrogens with zero attached hydrogens (tertiary/aromatic N) is 3. The Morgan fingerprint density at radius 2 is 2.07 bits per heavy atom. The Kier molecular flexibility index (Phi) is 5.49. The Bertz CT molecular complexity index is 856. The monoisotopic (exact) mass is 397 g/mol. The molecular formula is C22H27N3O2S. The predicted octanol–water partition coefficient (Wildman–Crippen LogP) is 4.86. The van der Waals surface area contributed by atoms with E-state index in [0.717, 1.165) is 40.1 Å². The van der Waals surface area contributed by atoms with Gasteiger partial charge in [-0.15, -0.1) is 0 Å². The van der Waals surface area contributed by atoms with Gasteiger partial charge in [0, 0.05) is 23.6 Å². The molecule has 3 heterocycles. The Morgan fingerprint density at radius 1 is 1.21 bits per heavy atom. The number of aromatic nitrogens is 1. The van der Waals surface area contributed by atoms with Crippen molar-refractivity contribution in [3.63, 3.8) is 0 Å². The third-order valence-corrected chi connectivity index (χ3v) is 6.36. The first kappa shape index (κ1) is 19.1. The molecule has 2 aliphatic rings. The largest absolute Gasteiger partial charge is 0.493 e. The van der Waals surface area contributed by atoms with Crippen molar-refractivity contribution in [2.75, 3.05) is 12.9 Å². The van der Waals surface area contributed by atoms with Gasteiger partial charge < -0.3 is 14.4 Å². The molecule has 2 aromatic rings. The van der Waals surface area contributed by atoms with Crippen LogP contribution in [0.1, 0.15) is 50.5 Å². The number of amidine groups is 1. The van der Waals surface area contributed by atoms with Crippen LogP contribution < -0.4 is 9.47 Å². The van der Waals surface area contributed by atoms with E-state index >= 15 is 0 Å². The van der Waals surface area contributed by atoms with Crippen molar-refractivity contribution in [2.24, 2.45) is 4.99 Å². The van der Waals surface area contributed by atoms with Gasteiger partial charge in [-0.05, 0) is 38.5 Å². The molecule has 0 amide bonds. The fourth-order valence-electron chi connectivity index (χ4n) is 3.98. The summed E-state index contributed by atoms with van der Waals surface area (Å²) < 4.78 is 11.9. The zero-order valence-corrected chi connectivity index (χ0v) is 17.6. The molecule has 0 bridgehead atoms. The van der Waals surface area contributed by atoms with Crippen LogP contribution >= 0.6 is 11.8 Å². The summed E-state index contributed by atoms with van der Waals surface area (Å²) in [6.07, 6.45) is 2.99. The molecular weight excluding hydrogens is 370 g/mol. The number of fused-ring (bicyclic) bond motifs is 1. The van der Waals surface area contributed by atoms with E-state index in [9.17, 15) is 0 Å². The molecule has 3 atom stereocenters. The van der Waals surface area contributed by atoms with Crippen LogP contribution in [0.2, 0.25) is 0 Å². The Balaban J connectivity index is 1.85. The number of methoxy groups -OCH3 is 1. The van der Waals surface area contributed by atoms with Crippen molar-refractivity contribution in [3.05, 3.63) is 53.9 Å². The van der Waals surface area contributed by atoms with E-state index in [2.05, 4.69) is 28.9 Å². The molecule has 148 valence electrons. The van der Waals surface area contributed by atoms with E-state index in [4.69, 9.17) is 14.5 Å². The standard InChI is InChI=1S/C22H27N3O2S/c1-5-15-13-28-22-24-19(17-10-6-7-12-23-17)20(25(15)22)16-9-8-11-18(26-4)21(16)27-14(2)3/h6-12,14-15,19-20H,5,13H2,1-4H3/t15-,19+,20+/m0/s1. The van der Waals surface area contributed by atoms with E-state index in [1.54, 1.807) is 7.11 Å². The summed E-state index contributed by atoms with van der Waals surface area (Å²) in [5, 5.41) is 1.12. The first-order valence-corrected chi connectivity index (χ1v) is 10.9. The lowest BCUT2D eigenvalue weighted by Crippen LogP contribution is -2.35. The molecule has 4 rings (SSSR count). The van der Waals surface area contributed by atoms with Crippen LogP contribution in [0.3, 0.4) is 0 Å². The average Bonchev–Trinajstić information content (AvgIpc) is 3.27. The number of para-hydroxylation sites is 1. The summed E-state index contributed by atoms with van der Waals surface area (Å²) in [4.78, 5) is 12.2. The van der Waals surface area contributed by atoms with Crippen molar-refractivity contribution in [3.8, 4) is 11.5 Å². The fourth-order valence-corrected chi connectivity index (χ4v) is 5.31. The van der Waals surface area contributed by atoms with Crippen LogP contribution in [-0.2, 0) is 0 Å². The lowest BCUT2D eigenvalue weighted by Gasteiger charge is -2.33. The molecule has 0 aliphatic carbocycles. The summed E-state index contributed by atoms with van der Waals surface area (Å²) in [6.45, 7) is 6.34. The summed E-state index contributed by atoms with van der Waals surface area (Å²) in [5.74, 6) is 2.65. The first-order chi connectivity index (χ1) is 13.6. The van der Waals surface area contributed by atoms with Gasteiger partial charge in [0.1, 0.15) is 6.04 Å². The van der Waals surface area contributed by atoms with Crippen molar-refractivity contribution in [2.45, 2.75) is 51.4 Å². The Hall–Kier alpha value is -2.21. The minimum atomic E-state index is -0.0559. The zero-order chi connectivity index (χ0) is 19.7. The second kappa shape index (κ2) is 8.03. The topological polar surface area (TPSA) is 47.0 Å². The third kappa shape index (κ3) is 3.34. The first-order valence-electron chi connectivity index (χ1n) is 9.87. The zero-order valence-electron chi connectivity index (χ0n) is 16.8. The van der Waals surface area contributed by atoms with Gasteiger partial charge in [-0.3, -0.25) is 9.98 Å². The highest BCUT2D eigenvalue weighted by atomic mass is 32.2. The molecule has 6 heteroatoms. The quantitative estimate of drug-likeness (QED) is 0.697. The summed E-state index contributed by atoms with van der Waals surface area (Å²) in [6, 6.07) is 12.7. The van der Waals surface area contributed by atoms with Crippen LogP contribution in [0.4, 0.5) is 0 Å². The Labute approximate surface area is 171 Å². The molecule has 5 nitrogen and oxygen atoms in total. The van der Waals surface area contributed by atoms with Crippen molar-refractivity contribution < 1.29 is 9.47 Å². The number of rotatable bonds is 6. The highest BCUT2D eigenvalue weighted by Crippen LogP contribution is 2.51. The average molecular weight is 398 g/mol. The van der Waals surface area contributed by atoms with E-state index in [-0.39, 0.29) is 18.2 Å². The minimum absolute atomic E-state index is 0.0497. The molecule has 0 saturated carbocycles. The van der Waals surface area contributed by atoms with Gasteiger partial charge in [0.05, 0.1) is 24.9 Å². The third-order valence-electron chi connectivity index (χ3n) is 5.23. The van der Waals surface area contributed by atoms with Gasteiger partial charge in [0.25, 0.3) is 0 Å². The number of aliphatic imine (C=N–C) groups is 1. The van der Waals surface area contributed by atoms with Crippen molar-refractivity contribution in [1.82, 2.24) is 9.88 Å². The van der Waals surface area contributed by atoms with Crippen LogP contribution in [0, 0.1) is 0 Å². The molecule has 1 saturated heterocycles. The fraction of sp³-hybridized carbons (Fsp3) is 0.455. The van der Waals surface area contributed by atoms with Crippen molar-refractivity contribution in [1.29, 1.82) is 0 Å². The molecule has 0 spiro atoms. The summed E-state index contributed by atoms with van der Waals surface area (Å²) in [7, 11) is 1.69. The molecule has 0 N–H and O–H groups in total. The smallest absolute Gasteiger partial charge is 0.166 e. The van der Waals surface area contributed by atoms with Crippen LogP contribution in [0.25, 0.3) is 0 Å².